The number of likely N-dealkylation sites (N-methyl/N-ethyl adjacent to an activating group) is 1. The van der Waals surface area contributed by atoms with Gasteiger partial charge in [-0.1, -0.05) is 12.1 Å². The van der Waals surface area contributed by atoms with Crippen molar-refractivity contribution >= 4 is 23.2 Å². The van der Waals surface area contributed by atoms with Crippen LogP contribution in [0.4, 0.5) is 15.8 Å². The Morgan fingerprint density at radius 1 is 0.935 bits per heavy atom. The molecule has 3 rings (SSSR count). The highest BCUT2D eigenvalue weighted by molar-refractivity contribution is 6.04. The number of ether oxygens (including phenoxy) is 1. The highest BCUT2D eigenvalue weighted by atomic mass is 19.1. The first-order chi connectivity index (χ1) is 14.9. The third kappa shape index (κ3) is 6.65. The zero-order chi connectivity index (χ0) is 22.2. The summed E-state index contributed by atoms with van der Waals surface area (Å²) in [6.07, 6.45) is 0. The summed E-state index contributed by atoms with van der Waals surface area (Å²) in [6.45, 7) is 0.603. The van der Waals surface area contributed by atoms with Crippen molar-refractivity contribution in [3.63, 3.8) is 0 Å². The number of methoxy groups -OCH3 is 1. The van der Waals surface area contributed by atoms with Gasteiger partial charge < -0.3 is 15.4 Å². The lowest BCUT2D eigenvalue weighted by atomic mass is 10.2. The fraction of sp³-hybridized carbons (Fsp3) is 0.167. The number of rotatable bonds is 8. The lowest BCUT2D eigenvalue weighted by molar-refractivity contribution is -0.117. The minimum Gasteiger partial charge on any atom is -0.497 e. The van der Waals surface area contributed by atoms with Crippen molar-refractivity contribution in [2.24, 2.45) is 0 Å². The average Bonchev–Trinajstić information content (AvgIpc) is 2.74. The summed E-state index contributed by atoms with van der Waals surface area (Å²) in [6, 6.07) is 20.0. The Morgan fingerprint density at radius 3 is 2.23 bits per heavy atom. The molecule has 0 saturated carbocycles. The van der Waals surface area contributed by atoms with Crippen LogP contribution in [0.1, 0.15) is 15.9 Å². The molecule has 0 radical (unpaired) electrons. The summed E-state index contributed by atoms with van der Waals surface area (Å²) < 4.78 is 18.4. The highest BCUT2D eigenvalue weighted by Crippen LogP contribution is 2.17. The fourth-order valence-electron chi connectivity index (χ4n) is 3.03. The number of hydrogen-bond donors (Lipinski definition) is 2. The number of nitrogens with zero attached hydrogens (tertiary/aromatic N) is 1. The Morgan fingerprint density at radius 2 is 1.58 bits per heavy atom. The maximum absolute atomic E-state index is 13.3. The van der Waals surface area contributed by atoms with E-state index in [0.29, 0.717) is 29.2 Å². The summed E-state index contributed by atoms with van der Waals surface area (Å²) in [5, 5.41) is 5.61. The van der Waals surface area contributed by atoms with Gasteiger partial charge in [-0.15, -0.1) is 0 Å². The smallest absolute Gasteiger partial charge is 0.255 e. The molecule has 0 heterocycles. The third-order valence-electron chi connectivity index (χ3n) is 4.53. The van der Waals surface area contributed by atoms with Crippen molar-refractivity contribution in [3.05, 3.63) is 89.7 Å². The molecule has 0 atom stereocenters. The maximum atomic E-state index is 13.3. The van der Waals surface area contributed by atoms with E-state index in [1.807, 2.05) is 6.07 Å². The zero-order valence-electron chi connectivity index (χ0n) is 17.4. The molecular formula is C24H24FN3O3. The number of nitrogens with one attached hydrogen (secondary N) is 2. The van der Waals surface area contributed by atoms with Crippen LogP contribution < -0.4 is 15.4 Å². The largest absolute Gasteiger partial charge is 0.497 e. The number of hydrogen-bond acceptors (Lipinski definition) is 4. The Balaban J connectivity index is 1.50. The van der Waals surface area contributed by atoms with E-state index >= 15 is 0 Å². The van der Waals surface area contributed by atoms with Gasteiger partial charge >= 0.3 is 0 Å². The topological polar surface area (TPSA) is 70.7 Å². The van der Waals surface area contributed by atoms with Gasteiger partial charge in [-0.2, -0.15) is 0 Å². The molecule has 0 aromatic heterocycles. The van der Waals surface area contributed by atoms with Crippen LogP contribution in [0.25, 0.3) is 0 Å². The van der Waals surface area contributed by atoms with Gasteiger partial charge in [-0.05, 0) is 73.3 Å². The number of anilines is 2. The van der Waals surface area contributed by atoms with Crippen LogP contribution in [0, 0.1) is 5.82 Å². The summed E-state index contributed by atoms with van der Waals surface area (Å²) in [5.41, 5.74) is 2.51. The fourth-order valence-corrected chi connectivity index (χ4v) is 3.03. The number of amides is 2. The Hall–Kier alpha value is -3.71. The van der Waals surface area contributed by atoms with E-state index in [1.54, 1.807) is 73.7 Å². The van der Waals surface area contributed by atoms with Crippen LogP contribution >= 0.6 is 0 Å². The summed E-state index contributed by atoms with van der Waals surface area (Å²) in [7, 11) is 3.37. The molecule has 0 fully saturated rings. The minimum atomic E-state index is -0.300. The van der Waals surface area contributed by atoms with Crippen LogP contribution in [-0.4, -0.2) is 37.4 Å². The van der Waals surface area contributed by atoms with Crippen LogP contribution in [0.2, 0.25) is 0 Å². The van der Waals surface area contributed by atoms with Crippen molar-refractivity contribution < 1.29 is 18.7 Å². The molecule has 0 spiro atoms. The predicted octanol–water partition coefficient (Wildman–Crippen LogP) is 4.16. The van der Waals surface area contributed by atoms with E-state index in [-0.39, 0.29) is 24.2 Å². The molecule has 0 aliphatic carbocycles. The van der Waals surface area contributed by atoms with Crippen molar-refractivity contribution in [2.75, 3.05) is 31.3 Å². The van der Waals surface area contributed by atoms with Crippen molar-refractivity contribution in [2.45, 2.75) is 6.54 Å². The van der Waals surface area contributed by atoms with E-state index < -0.39 is 0 Å². The van der Waals surface area contributed by atoms with Gasteiger partial charge in [0.1, 0.15) is 11.6 Å². The Labute approximate surface area is 180 Å². The lowest BCUT2D eigenvalue weighted by Crippen LogP contribution is -2.29. The second-order valence-electron chi connectivity index (χ2n) is 7.11. The highest BCUT2D eigenvalue weighted by Gasteiger charge is 2.10. The Bertz CT molecular complexity index is 1040. The molecule has 0 aliphatic rings. The second kappa shape index (κ2) is 10.4. The van der Waals surface area contributed by atoms with Crippen LogP contribution in [0.15, 0.2) is 72.8 Å². The van der Waals surface area contributed by atoms with E-state index in [1.165, 1.54) is 12.1 Å². The maximum Gasteiger partial charge on any atom is 0.255 e. The molecule has 2 amide bonds. The van der Waals surface area contributed by atoms with Crippen LogP contribution in [-0.2, 0) is 11.3 Å². The average molecular weight is 421 g/mol. The van der Waals surface area contributed by atoms with Gasteiger partial charge in [-0.3, -0.25) is 14.5 Å². The normalized spacial score (nSPS) is 10.6. The molecule has 7 heteroatoms. The molecule has 0 saturated heterocycles. The van der Waals surface area contributed by atoms with Gasteiger partial charge in [0.25, 0.3) is 5.91 Å². The number of carbonyl (C=O) groups excluding carboxylic acids is 2. The van der Waals surface area contributed by atoms with Crippen molar-refractivity contribution in [3.8, 4) is 5.75 Å². The predicted molar refractivity (Wildman–Crippen MR) is 119 cm³/mol. The second-order valence-corrected chi connectivity index (χ2v) is 7.11. The first-order valence-corrected chi connectivity index (χ1v) is 9.71. The third-order valence-corrected chi connectivity index (χ3v) is 4.53. The molecule has 3 aromatic carbocycles. The van der Waals surface area contributed by atoms with E-state index in [0.717, 1.165) is 5.56 Å². The summed E-state index contributed by atoms with van der Waals surface area (Å²) >= 11 is 0. The van der Waals surface area contributed by atoms with Crippen molar-refractivity contribution in [1.29, 1.82) is 0 Å². The lowest BCUT2D eigenvalue weighted by Gasteiger charge is -2.16. The van der Waals surface area contributed by atoms with Gasteiger partial charge in [0.05, 0.1) is 13.7 Å². The summed E-state index contributed by atoms with van der Waals surface area (Å²) in [4.78, 5) is 26.5. The van der Waals surface area contributed by atoms with Gasteiger partial charge in [-0.25, -0.2) is 4.39 Å². The molecule has 160 valence electrons. The molecule has 0 aliphatic heterocycles. The van der Waals surface area contributed by atoms with Crippen LogP contribution in [0.5, 0.6) is 5.75 Å². The first-order valence-electron chi connectivity index (χ1n) is 9.71. The standard InChI is InChI=1S/C24H24FN3O3/c1-28(15-17-4-3-5-19(25)14-17)16-23(29)26-20-8-6-18(7-9-20)24(30)27-21-10-12-22(31-2)13-11-21/h3-14H,15-16H2,1-2H3,(H,26,29)(H,27,30). The van der Waals surface area contributed by atoms with Crippen molar-refractivity contribution in [1.82, 2.24) is 4.90 Å². The molecule has 6 nitrogen and oxygen atoms in total. The van der Waals surface area contributed by atoms with E-state index in [2.05, 4.69) is 10.6 Å². The number of benzene rings is 3. The van der Waals surface area contributed by atoms with Gasteiger partial charge in [0.15, 0.2) is 0 Å². The zero-order valence-corrected chi connectivity index (χ0v) is 17.4. The first kappa shape index (κ1) is 22.0. The molecule has 3 aromatic rings. The van der Waals surface area contributed by atoms with E-state index in [4.69, 9.17) is 4.74 Å². The molecule has 2 N–H and O–H groups in total. The van der Waals surface area contributed by atoms with Gasteiger partial charge in [0, 0.05) is 23.5 Å². The summed E-state index contributed by atoms with van der Waals surface area (Å²) in [5.74, 6) is -0.0432. The Kier molecular flexibility index (Phi) is 7.35. The quantitative estimate of drug-likeness (QED) is 0.573. The number of halogens is 1. The van der Waals surface area contributed by atoms with E-state index in [9.17, 15) is 14.0 Å². The molecule has 0 bridgehead atoms. The van der Waals surface area contributed by atoms with Crippen LogP contribution in [0.3, 0.4) is 0 Å². The SMILES string of the molecule is COc1ccc(NC(=O)c2ccc(NC(=O)CN(C)Cc3cccc(F)c3)cc2)cc1. The van der Waals surface area contributed by atoms with Gasteiger partial charge in [0.2, 0.25) is 5.91 Å². The monoisotopic (exact) mass is 421 g/mol. The molecule has 31 heavy (non-hydrogen) atoms. The number of carbonyl (C=O) groups is 2. The molecule has 0 unspecified atom stereocenters. The minimum absolute atomic E-state index is 0.149. The molecular weight excluding hydrogens is 397 g/mol.